The van der Waals surface area contributed by atoms with Crippen molar-refractivity contribution in [1.82, 2.24) is 20.0 Å². The van der Waals surface area contributed by atoms with Crippen LogP contribution in [0.2, 0.25) is 0 Å². The number of benzene rings is 1. The molecule has 1 aromatic heterocycles. The Balaban J connectivity index is 1.51. The van der Waals surface area contributed by atoms with E-state index >= 15 is 0 Å². The van der Waals surface area contributed by atoms with Crippen molar-refractivity contribution in [3.63, 3.8) is 0 Å². The molecule has 1 aromatic carbocycles. The molecule has 0 radical (unpaired) electrons. The number of anilines is 1. The molecule has 1 unspecified atom stereocenters. The third-order valence-corrected chi connectivity index (χ3v) is 5.68. The van der Waals surface area contributed by atoms with Crippen LogP contribution in [0.3, 0.4) is 0 Å². The van der Waals surface area contributed by atoms with Gasteiger partial charge in [-0.05, 0) is 24.6 Å². The van der Waals surface area contributed by atoms with E-state index in [2.05, 4.69) is 20.2 Å². The molecule has 30 heavy (non-hydrogen) atoms. The first-order valence-corrected chi connectivity index (χ1v) is 9.97. The number of aromatic nitrogens is 2. The van der Waals surface area contributed by atoms with Crippen LogP contribution in [0.15, 0.2) is 29.2 Å². The van der Waals surface area contributed by atoms with Crippen molar-refractivity contribution >= 4 is 34.2 Å². The van der Waals surface area contributed by atoms with E-state index < -0.39 is 17.9 Å². The summed E-state index contributed by atoms with van der Waals surface area (Å²) < 4.78 is 1.16. The number of aliphatic carboxylic acids is 1. The largest absolute Gasteiger partial charge is 0.481 e. The van der Waals surface area contributed by atoms with Gasteiger partial charge in [0.25, 0.3) is 11.5 Å². The highest BCUT2D eigenvalue weighted by atomic mass is 16.4. The topological polar surface area (TPSA) is 125 Å². The number of amides is 2. The van der Waals surface area contributed by atoms with Crippen LogP contribution in [0.25, 0.3) is 10.8 Å². The number of nitrogens with zero attached hydrogens (tertiary/aromatic N) is 4. The summed E-state index contributed by atoms with van der Waals surface area (Å²) in [6.07, 6.45) is 2.15. The van der Waals surface area contributed by atoms with Gasteiger partial charge in [-0.25, -0.2) is 4.68 Å². The number of fused-ring (bicyclic) bond motifs is 1. The lowest BCUT2D eigenvalue weighted by Crippen LogP contribution is -2.47. The van der Waals surface area contributed by atoms with Crippen LogP contribution in [0.5, 0.6) is 0 Å². The van der Waals surface area contributed by atoms with Crippen molar-refractivity contribution in [2.24, 2.45) is 0 Å². The number of hydrogen-bond acceptors (Lipinski definition) is 7. The Morgan fingerprint density at radius 3 is 2.63 bits per heavy atom. The van der Waals surface area contributed by atoms with Crippen LogP contribution in [0, 0.1) is 0 Å². The number of hydrogen-bond donors (Lipinski definition) is 2. The van der Waals surface area contributed by atoms with E-state index in [9.17, 15) is 19.2 Å². The fraction of sp³-hybridized carbons (Fsp3) is 0.450. The van der Waals surface area contributed by atoms with Crippen molar-refractivity contribution in [3.8, 4) is 0 Å². The van der Waals surface area contributed by atoms with Crippen LogP contribution in [0.4, 0.5) is 5.69 Å². The second kappa shape index (κ2) is 8.23. The number of rotatable bonds is 5. The molecule has 2 N–H and O–H groups in total. The van der Waals surface area contributed by atoms with Gasteiger partial charge < -0.3 is 10.0 Å². The molecule has 10 nitrogen and oxygen atoms in total. The van der Waals surface area contributed by atoms with E-state index in [0.29, 0.717) is 17.3 Å². The monoisotopic (exact) mass is 413 g/mol. The molecule has 0 saturated carbocycles. The third-order valence-electron chi connectivity index (χ3n) is 5.68. The second-order valence-electron chi connectivity index (χ2n) is 7.61. The number of carboxylic acid groups (broad SMARTS) is 1. The van der Waals surface area contributed by atoms with Gasteiger partial charge in [-0.15, -0.1) is 0 Å². The molecule has 2 fully saturated rings. The van der Waals surface area contributed by atoms with Gasteiger partial charge in [0.15, 0.2) is 0 Å². The lowest BCUT2D eigenvalue weighted by atomic mass is 10.1. The average Bonchev–Trinajstić information content (AvgIpc) is 2.73. The number of carboxylic acids is 1. The Hall–Kier alpha value is -3.27. The van der Waals surface area contributed by atoms with Crippen LogP contribution in [-0.4, -0.2) is 70.3 Å². The highest BCUT2D eigenvalue weighted by molar-refractivity contribution is 5.99. The molecule has 2 saturated heterocycles. The van der Waals surface area contributed by atoms with E-state index in [1.807, 2.05) is 12.1 Å². The quantitative estimate of drug-likeness (QED) is 0.655. The van der Waals surface area contributed by atoms with E-state index in [-0.39, 0.29) is 30.7 Å². The molecule has 2 amide bonds. The molecule has 3 heterocycles. The average molecular weight is 413 g/mol. The van der Waals surface area contributed by atoms with Crippen LogP contribution < -0.4 is 15.8 Å². The standard InChI is InChI=1S/C20H23N5O5/c26-17-4-3-16(19(29)22-17)25-20(30)15-2-1-14(11-13(15)12-21-25)24-9-7-23(8-10-24)6-5-18(27)28/h1-2,11-12,16H,3-10H2,(H,27,28)(H,22,26,29). The molecule has 10 heteroatoms. The van der Waals surface area contributed by atoms with Crippen LogP contribution >= 0.6 is 0 Å². The van der Waals surface area contributed by atoms with E-state index in [1.165, 1.54) is 0 Å². The van der Waals surface area contributed by atoms with Gasteiger partial charge in [0.05, 0.1) is 18.0 Å². The molecule has 1 atom stereocenters. The summed E-state index contributed by atoms with van der Waals surface area (Å²) in [6.45, 7) is 3.64. The highest BCUT2D eigenvalue weighted by Gasteiger charge is 2.30. The Bertz CT molecular complexity index is 1060. The number of nitrogens with one attached hydrogen (secondary N) is 1. The minimum atomic E-state index is -0.789. The van der Waals surface area contributed by atoms with Gasteiger partial charge >= 0.3 is 5.97 Å². The normalized spacial score (nSPS) is 20.4. The molecule has 0 spiro atoms. The zero-order chi connectivity index (χ0) is 21.3. The Labute approximate surface area is 172 Å². The SMILES string of the molecule is O=C(O)CCN1CCN(c2ccc3c(=O)n(C4CCC(=O)NC4=O)ncc3c2)CC1. The molecule has 2 aromatic rings. The summed E-state index contributed by atoms with van der Waals surface area (Å²) in [5.41, 5.74) is 0.618. The van der Waals surface area contributed by atoms with Gasteiger partial charge in [-0.2, -0.15) is 5.10 Å². The number of carbonyl (C=O) groups excluding carboxylic acids is 2. The molecule has 2 aliphatic rings. The third kappa shape index (κ3) is 4.04. The first-order valence-electron chi connectivity index (χ1n) is 9.97. The minimum Gasteiger partial charge on any atom is -0.481 e. The summed E-state index contributed by atoms with van der Waals surface area (Å²) >= 11 is 0. The summed E-state index contributed by atoms with van der Waals surface area (Å²) in [5, 5.41) is 16.4. The molecule has 4 rings (SSSR count). The lowest BCUT2D eigenvalue weighted by Gasteiger charge is -2.36. The maximum atomic E-state index is 12.9. The molecule has 2 aliphatic heterocycles. The van der Waals surface area contributed by atoms with Crippen molar-refractivity contribution < 1.29 is 19.5 Å². The van der Waals surface area contributed by atoms with Gasteiger partial charge in [0, 0.05) is 50.2 Å². The Kier molecular flexibility index (Phi) is 5.49. The van der Waals surface area contributed by atoms with E-state index in [1.54, 1.807) is 12.3 Å². The number of carbonyl (C=O) groups is 3. The van der Waals surface area contributed by atoms with Gasteiger partial charge in [0.1, 0.15) is 6.04 Å². The number of piperazine rings is 1. The van der Waals surface area contributed by atoms with E-state index in [0.717, 1.165) is 36.5 Å². The van der Waals surface area contributed by atoms with E-state index in [4.69, 9.17) is 5.11 Å². The maximum absolute atomic E-state index is 12.9. The fourth-order valence-electron chi connectivity index (χ4n) is 3.97. The molecular weight excluding hydrogens is 390 g/mol. The molecule has 0 aliphatic carbocycles. The minimum absolute atomic E-state index is 0.140. The zero-order valence-electron chi connectivity index (χ0n) is 16.4. The second-order valence-corrected chi connectivity index (χ2v) is 7.61. The number of imide groups is 1. The predicted molar refractivity (Wildman–Crippen MR) is 108 cm³/mol. The van der Waals surface area contributed by atoms with Crippen molar-refractivity contribution in [3.05, 3.63) is 34.7 Å². The molecule has 158 valence electrons. The summed E-state index contributed by atoms with van der Waals surface area (Å²) in [4.78, 5) is 51.4. The number of piperidine rings is 1. The summed E-state index contributed by atoms with van der Waals surface area (Å²) in [5.74, 6) is -1.63. The van der Waals surface area contributed by atoms with Crippen molar-refractivity contribution in [1.29, 1.82) is 0 Å². The fourth-order valence-corrected chi connectivity index (χ4v) is 3.97. The zero-order valence-corrected chi connectivity index (χ0v) is 16.4. The summed E-state index contributed by atoms with van der Waals surface area (Å²) in [7, 11) is 0. The van der Waals surface area contributed by atoms with Gasteiger partial charge in [-0.1, -0.05) is 0 Å². The molecular formula is C20H23N5O5. The van der Waals surface area contributed by atoms with Gasteiger partial charge in [-0.3, -0.25) is 29.4 Å². The Morgan fingerprint density at radius 1 is 1.17 bits per heavy atom. The summed E-state index contributed by atoms with van der Waals surface area (Å²) in [6, 6.07) is 4.75. The lowest BCUT2D eigenvalue weighted by molar-refractivity contribution is -0.138. The predicted octanol–water partition coefficient (Wildman–Crippen LogP) is -0.0291. The first kappa shape index (κ1) is 20.0. The smallest absolute Gasteiger partial charge is 0.304 e. The van der Waals surface area contributed by atoms with Crippen LogP contribution in [-0.2, 0) is 14.4 Å². The Morgan fingerprint density at radius 2 is 1.93 bits per heavy atom. The maximum Gasteiger partial charge on any atom is 0.304 e. The molecule has 0 bridgehead atoms. The highest BCUT2D eigenvalue weighted by Crippen LogP contribution is 2.22. The first-order chi connectivity index (χ1) is 14.4. The van der Waals surface area contributed by atoms with Crippen LogP contribution in [0.1, 0.15) is 25.3 Å². The van der Waals surface area contributed by atoms with Gasteiger partial charge in [0.2, 0.25) is 5.91 Å². The van der Waals surface area contributed by atoms with Crippen molar-refractivity contribution in [2.45, 2.75) is 25.3 Å². The van der Waals surface area contributed by atoms with Crippen molar-refractivity contribution in [2.75, 3.05) is 37.6 Å².